The summed E-state index contributed by atoms with van der Waals surface area (Å²) in [5.74, 6) is 0. The lowest BCUT2D eigenvalue weighted by Gasteiger charge is -2.24. The van der Waals surface area contributed by atoms with E-state index >= 15 is 0 Å². The van der Waals surface area contributed by atoms with Gasteiger partial charge < -0.3 is 0 Å². The highest BCUT2D eigenvalue weighted by Crippen LogP contribution is 2.39. The van der Waals surface area contributed by atoms with Gasteiger partial charge in [-0.05, 0) is 28.7 Å². The largest absolute Gasteiger partial charge is 0.240 e. The molecule has 138 valence electrons. The summed E-state index contributed by atoms with van der Waals surface area (Å²) in [5.41, 5.74) is 4.79. The molecule has 0 atom stereocenters. The second-order valence-corrected chi connectivity index (χ2v) is 9.64. The van der Waals surface area contributed by atoms with Crippen LogP contribution in [0.3, 0.4) is 0 Å². The zero-order valence-corrected chi connectivity index (χ0v) is 17.5. The second-order valence-electron chi connectivity index (χ2n) is 9.64. The Morgan fingerprint density at radius 3 is 2.04 bits per heavy atom. The maximum Gasteiger partial charge on any atom is 0.240 e. The Balaban J connectivity index is 2.44. The van der Waals surface area contributed by atoms with E-state index in [1.165, 1.54) is 32.6 Å². The fraction of sp³-hybridized carbons (Fsp3) is 0.360. The molecular formula is C25H29N2+. The van der Waals surface area contributed by atoms with Gasteiger partial charge in [0.25, 0.3) is 0 Å². The molecule has 0 saturated heterocycles. The van der Waals surface area contributed by atoms with Crippen molar-refractivity contribution in [1.82, 2.24) is 4.98 Å². The SMILES string of the molecule is Cc1c[n+](C(C)(C)C)c2c(n1)c1ccccc1c1cccc(C(C)(C)C)c12. The van der Waals surface area contributed by atoms with Gasteiger partial charge in [-0.2, -0.15) is 4.57 Å². The van der Waals surface area contributed by atoms with E-state index in [4.69, 9.17) is 4.98 Å². The molecule has 0 aliphatic rings. The standard InChI is InChI=1S/C25H29N2/c1-16-15-27(25(5,6)7)23-21-18(13-10-14-20(21)24(2,3)4)17-11-8-9-12-19(17)22(23)26-16/h8-15H,1-7H3/q+1. The van der Waals surface area contributed by atoms with E-state index in [0.29, 0.717) is 0 Å². The number of aryl methyl sites for hydroxylation is 1. The monoisotopic (exact) mass is 357 g/mol. The Hall–Kier alpha value is -2.48. The topological polar surface area (TPSA) is 16.8 Å². The number of fused-ring (bicyclic) bond motifs is 6. The molecule has 0 N–H and O–H groups in total. The van der Waals surface area contributed by atoms with Crippen molar-refractivity contribution in [3.8, 4) is 0 Å². The Morgan fingerprint density at radius 2 is 1.41 bits per heavy atom. The zero-order chi connectivity index (χ0) is 19.6. The molecule has 0 bridgehead atoms. The van der Waals surface area contributed by atoms with Gasteiger partial charge in [0.15, 0.2) is 11.7 Å². The molecule has 27 heavy (non-hydrogen) atoms. The van der Waals surface area contributed by atoms with E-state index in [1.807, 2.05) is 0 Å². The highest BCUT2D eigenvalue weighted by molar-refractivity contribution is 6.23. The summed E-state index contributed by atoms with van der Waals surface area (Å²) in [4.78, 5) is 5.03. The van der Waals surface area contributed by atoms with E-state index in [-0.39, 0.29) is 11.0 Å². The third-order valence-electron chi connectivity index (χ3n) is 5.37. The third-order valence-corrected chi connectivity index (χ3v) is 5.37. The quantitative estimate of drug-likeness (QED) is 0.271. The summed E-state index contributed by atoms with van der Waals surface area (Å²) < 4.78 is 2.43. The average molecular weight is 358 g/mol. The van der Waals surface area contributed by atoms with Crippen molar-refractivity contribution in [2.45, 2.75) is 59.4 Å². The predicted octanol–water partition coefficient (Wildman–Crippen LogP) is 6.19. The van der Waals surface area contributed by atoms with Crippen molar-refractivity contribution in [1.29, 1.82) is 0 Å². The first kappa shape index (κ1) is 17.9. The molecule has 2 nitrogen and oxygen atoms in total. The third kappa shape index (κ3) is 2.79. The molecule has 4 rings (SSSR count). The minimum Gasteiger partial charge on any atom is -0.240 e. The van der Waals surface area contributed by atoms with Crippen molar-refractivity contribution in [2.75, 3.05) is 0 Å². The second kappa shape index (κ2) is 5.76. The van der Waals surface area contributed by atoms with E-state index in [0.717, 1.165) is 11.2 Å². The fourth-order valence-corrected chi connectivity index (χ4v) is 4.16. The van der Waals surface area contributed by atoms with Gasteiger partial charge in [-0.15, -0.1) is 0 Å². The van der Waals surface area contributed by atoms with Crippen LogP contribution in [0.5, 0.6) is 0 Å². The summed E-state index contributed by atoms with van der Waals surface area (Å²) in [6.45, 7) is 15.8. The Morgan fingerprint density at radius 1 is 0.778 bits per heavy atom. The van der Waals surface area contributed by atoms with Crippen molar-refractivity contribution < 1.29 is 4.57 Å². The molecule has 0 radical (unpaired) electrons. The van der Waals surface area contributed by atoms with Crippen LogP contribution >= 0.6 is 0 Å². The molecule has 3 aromatic carbocycles. The van der Waals surface area contributed by atoms with Crippen molar-refractivity contribution >= 4 is 32.6 Å². The van der Waals surface area contributed by atoms with Crippen molar-refractivity contribution in [3.63, 3.8) is 0 Å². The van der Waals surface area contributed by atoms with E-state index in [1.54, 1.807) is 0 Å². The summed E-state index contributed by atoms with van der Waals surface area (Å²) in [6, 6.07) is 15.4. The average Bonchev–Trinajstić information content (AvgIpc) is 2.59. The molecule has 1 aromatic heterocycles. The van der Waals surface area contributed by atoms with Gasteiger partial charge >= 0.3 is 0 Å². The molecule has 0 unspecified atom stereocenters. The van der Waals surface area contributed by atoms with Crippen LogP contribution in [0, 0.1) is 6.92 Å². The number of aromatic nitrogens is 2. The van der Waals surface area contributed by atoms with Gasteiger partial charge in [0, 0.05) is 26.2 Å². The Kier molecular flexibility index (Phi) is 3.82. The highest BCUT2D eigenvalue weighted by Gasteiger charge is 2.31. The number of nitrogens with zero attached hydrogens (tertiary/aromatic N) is 2. The summed E-state index contributed by atoms with van der Waals surface area (Å²) in [7, 11) is 0. The molecule has 0 aliphatic heterocycles. The van der Waals surface area contributed by atoms with Gasteiger partial charge in [0.1, 0.15) is 11.2 Å². The van der Waals surface area contributed by atoms with Crippen LogP contribution in [-0.2, 0) is 11.0 Å². The maximum atomic E-state index is 5.03. The van der Waals surface area contributed by atoms with Crippen molar-refractivity contribution in [3.05, 3.63) is 59.9 Å². The number of rotatable bonds is 0. The lowest BCUT2D eigenvalue weighted by molar-refractivity contribution is -0.730. The molecule has 0 fully saturated rings. The fourth-order valence-electron chi connectivity index (χ4n) is 4.16. The minimum absolute atomic E-state index is 0.0354. The van der Waals surface area contributed by atoms with Crippen LogP contribution in [0.1, 0.15) is 52.8 Å². The van der Waals surface area contributed by atoms with Gasteiger partial charge in [0.05, 0.1) is 5.39 Å². The minimum atomic E-state index is -0.0354. The number of benzene rings is 3. The van der Waals surface area contributed by atoms with Gasteiger partial charge in [-0.3, -0.25) is 0 Å². The first-order chi connectivity index (χ1) is 12.6. The molecule has 0 spiro atoms. The molecular weight excluding hydrogens is 328 g/mol. The van der Waals surface area contributed by atoms with E-state index in [9.17, 15) is 0 Å². The molecule has 0 amide bonds. The molecule has 1 heterocycles. The zero-order valence-electron chi connectivity index (χ0n) is 17.5. The first-order valence-electron chi connectivity index (χ1n) is 9.76. The number of hydrogen-bond acceptors (Lipinski definition) is 1. The van der Waals surface area contributed by atoms with Crippen LogP contribution in [0.25, 0.3) is 32.6 Å². The van der Waals surface area contributed by atoms with Crippen molar-refractivity contribution in [2.24, 2.45) is 0 Å². The van der Waals surface area contributed by atoms with Crippen LogP contribution in [0.4, 0.5) is 0 Å². The van der Waals surface area contributed by atoms with Crippen LogP contribution in [0.2, 0.25) is 0 Å². The first-order valence-corrected chi connectivity index (χ1v) is 9.76. The molecule has 4 aromatic rings. The summed E-state index contributed by atoms with van der Waals surface area (Å²) in [6.07, 6.45) is 2.20. The number of hydrogen-bond donors (Lipinski definition) is 0. The summed E-state index contributed by atoms with van der Waals surface area (Å²) in [5, 5.41) is 5.16. The molecule has 2 heteroatoms. The predicted molar refractivity (Wildman–Crippen MR) is 115 cm³/mol. The van der Waals surface area contributed by atoms with Gasteiger partial charge in [-0.1, -0.05) is 63.2 Å². The van der Waals surface area contributed by atoms with E-state index < -0.39 is 0 Å². The summed E-state index contributed by atoms with van der Waals surface area (Å²) >= 11 is 0. The molecule has 0 aliphatic carbocycles. The lowest BCUT2D eigenvalue weighted by atomic mass is 9.82. The smallest absolute Gasteiger partial charge is 0.240 e. The normalized spacial score (nSPS) is 13.0. The molecule has 0 saturated carbocycles. The van der Waals surface area contributed by atoms with Crippen LogP contribution in [-0.4, -0.2) is 4.98 Å². The Bertz CT molecular complexity index is 1190. The highest BCUT2D eigenvalue weighted by atomic mass is 15.1. The van der Waals surface area contributed by atoms with Gasteiger partial charge in [0.2, 0.25) is 5.52 Å². The van der Waals surface area contributed by atoms with E-state index in [2.05, 4.69) is 102 Å². The van der Waals surface area contributed by atoms with Gasteiger partial charge in [-0.25, -0.2) is 4.98 Å². The lowest BCUT2D eigenvalue weighted by Crippen LogP contribution is -2.51. The Labute approximate surface area is 161 Å². The van der Waals surface area contributed by atoms with Crippen LogP contribution in [0.15, 0.2) is 48.7 Å². The maximum absolute atomic E-state index is 5.03. The van der Waals surface area contributed by atoms with Crippen LogP contribution < -0.4 is 4.57 Å².